The van der Waals surface area contributed by atoms with Gasteiger partial charge in [0.2, 0.25) is 5.95 Å². The van der Waals surface area contributed by atoms with Crippen molar-refractivity contribution in [1.82, 2.24) is 14.4 Å². The van der Waals surface area contributed by atoms with Gasteiger partial charge < -0.3 is 9.84 Å². The quantitative estimate of drug-likeness (QED) is 0.767. The van der Waals surface area contributed by atoms with Crippen molar-refractivity contribution in [2.75, 3.05) is 12.4 Å². The number of carbonyl (C=O) groups is 2. The standard InChI is InChI=1S/C13H10N4O4S/c1-21-13(20)16-12-14-8-3-2-5-17(8)10(15-12)7-4-6-22-9(7)11(18)19/h2-6H,1H3,(H,18,19)(H,14,16,20). The molecular formula is C13H10N4O4S. The van der Waals surface area contributed by atoms with Crippen LogP contribution >= 0.6 is 11.3 Å². The maximum absolute atomic E-state index is 11.3. The van der Waals surface area contributed by atoms with Crippen molar-refractivity contribution >= 4 is 35.0 Å². The molecule has 8 nitrogen and oxygen atoms in total. The summed E-state index contributed by atoms with van der Waals surface area (Å²) in [4.78, 5) is 31.2. The highest BCUT2D eigenvalue weighted by atomic mass is 32.1. The first-order valence-electron chi connectivity index (χ1n) is 6.11. The third-order valence-corrected chi connectivity index (χ3v) is 3.79. The van der Waals surface area contributed by atoms with Gasteiger partial charge in [0.15, 0.2) is 5.82 Å². The zero-order valence-corrected chi connectivity index (χ0v) is 12.1. The highest BCUT2D eigenvalue weighted by Gasteiger charge is 2.18. The molecule has 0 aliphatic heterocycles. The van der Waals surface area contributed by atoms with Crippen LogP contribution in [0.4, 0.5) is 10.7 Å². The van der Waals surface area contributed by atoms with E-state index in [1.54, 1.807) is 34.2 Å². The van der Waals surface area contributed by atoms with Crippen LogP contribution in [0.5, 0.6) is 0 Å². The van der Waals surface area contributed by atoms with Gasteiger partial charge in [-0.15, -0.1) is 11.3 Å². The number of aromatic carboxylic acids is 1. The average Bonchev–Trinajstić information content (AvgIpc) is 3.14. The number of rotatable bonds is 3. The van der Waals surface area contributed by atoms with Gasteiger partial charge in [-0.2, -0.15) is 9.97 Å². The van der Waals surface area contributed by atoms with Gasteiger partial charge in [-0.05, 0) is 23.6 Å². The minimum absolute atomic E-state index is 0.0376. The second kappa shape index (κ2) is 5.45. The summed E-state index contributed by atoms with van der Waals surface area (Å²) >= 11 is 1.10. The minimum Gasteiger partial charge on any atom is -0.477 e. The summed E-state index contributed by atoms with van der Waals surface area (Å²) in [6.07, 6.45) is 1.02. The molecular weight excluding hydrogens is 308 g/mol. The molecule has 0 fully saturated rings. The Balaban J connectivity index is 2.19. The molecule has 3 aromatic heterocycles. The topological polar surface area (TPSA) is 106 Å². The van der Waals surface area contributed by atoms with Gasteiger partial charge in [0.25, 0.3) is 0 Å². The third-order valence-electron chi connectivity index (χ3n) is 2.89. The minimum atomic E-state index is -1.04. The monoisotopic (exact) mass is 318 g/mol. The van der Waals surface area contributed by atoms with Crippen LogP contribution in [0.2, 0.25) is 0 Å². The van der Waals surface area contributed by atoms with Crippen molar-refractivity contribution in [1.29, 1.82) is 0 Å². The van der Waals surface area contributed by atoms with Crippen LogP contribution in [0.3, 0.4) is 0 Å². The van der Waals surface area contributed by atoms with E-state index in [-0.39, 0.29) is 10.8 Å². The second-order valence-corrected chi connectivity index (χ2v) is 5.11. The Bertz CT molecular complexity index is 870. The summed E-state index contributed by atoms with van der Waals surface area (Å²) in [5, 5.41) is 13.3. The van der Waals surface area contributed by atoms with Crippen molar-refractivity contribution < 1.29 is 19.4 Å². The van der Waals surface area contributed by atoms with Crippen LogP contribution in [-0.4, -0.2) is 38.6 Å². The van der Waals surface area contributed by atoms with E-state index in [0.717, 1.165) is 11.3 Å². The third kappa shape index (κ3) is 2.37. The van der Waals surface area contributed by atoms with Gasteiger partial charge in [0.05, 0.1) is 7.11 Å². The number of carbonyl (C=O) groups excluding carboxylic acids is 1. The van der Waals surface area contributed by atoms with Crippen molar-refractivity contribution in [3.63, 3.8) is 0 Å². The fourth-order valence-corrected chi connectivity index (χ4v) is 2.70. The van der Waals surface area contributed by atoms with Gasteiger partial charge in [0.1, 0.15) is 10.5 Å². The number of hydrogen-bond donors (Lipinski definition) is 2. The number of carboxylic acid groups (broad SMARTS) is 1. The number of anilines is 1. The number of thiophene rings is 1. The molecule has 0 atom stereocenters. The molecule has 0 saturated carbocycles. The van der Waals surface area contributed by atoms with Gasteiger partial charge in [-0.25, -0.2) is 9.59 Å². The predicted molar refractivity (Wildman–Crippen MR) is 79.3 cm³/mol. The van der Waals surface area contributed by atoms with Crippen molar-refractivity contribution in [3.8, 4) is 11.4 Å². The molecule has 0 bridgehead atoms. The molecule has 3 aromatic rings. The average molecular weight is 318 g/mol. The van der Waals surface area contributed by atoms with E-state index in [1.165, 1.54) is 7.11 Å². The Kier molecular flexibility index (Phi) is 3.47. The molecule has 0 radical (unpaired) electrons. The van der Waals surface area contributed by atoms with Crippen LogP contribution in [0.25, 0.3) is 17.0 Å². The Labute approximate surface area is 128 Å². The van der Waals surface area contributed by atoms with Crippen LogP contribution in [0, 0.1) is 0 Å². The molecule has 112 valence electrons. The molecule has 1 amide bonds. The lowest BCUT2D eigenvalue weighted by atomic mass is 10.2. The van der Waals surface area contributed by atoms with E-state index in [1.807, 2.05) is 0 Å². The molecule has 9 heteroatoms. The summed E-state index contributed by atoms with van der Waals surface area (Å²) in [7, 11) is 1.23. The molecule has 3 rings (SSSR count). The van der Waals surface area contributed by atoms with E-state index in [9.17, 15) is 14.7 Å². The Morgan fingerprint density at radius 3 is 2.91 bits per heavy atom. The van der Waals surface area contributed by atoms with E-state index >= 15 is 0 Å². The Hall–Kier alpha value is -2.94. The molecule has 2 N–H and O–H groups in total. The van der Waals surface area contributed by atoms with Crippen molar-refractivity contribution in [2.24, 2.45) is 0 Å². The van der Waals surface area contributed by atoms with Crippen LogP contribution in [-0.2, 0) is 4.74 Å². The lowest BCUT2D eigenvalue weighted by Gasteiger charge is -2.08. The predicted octanol–water partition coefficient (Wildman–Crippen LogP) is 2.33. The number of carboxylic acids is 1. The molecule has 0 aromatic carbocycles. The largest absolute Gasteiger partial charge is 0.477 e. The number of aromatic nitrogens is 3. The van der Waals surface area contributed by atoms with Crippen LogP contribution in [0.15, 0.2) is 29.8 Å². The fourth-order valence-electron chi connectivity index (χ4n) is 1.97. The molecule has 22 heavy (non-hydrogen) atoms. The van der Waals surface area contributed by atoms with Gasteiger partial charge >= 0.3 is 12.1 Å². The number of methoxy groups -OCH3 is 1. The van der Waals surface area contributed by atoms with E-state index in [4.69, 9.17) is 0 Å². The second-order valence-electron chi connectivity index (χ2n) is 4.19. The van der Waals surface area contributed by atoms with Gasteiger partial charge in [0, 0.05) is 11.8 Å². The van der Waals surface area contributed by atoms with Gasteiger partial charge in [-0.3, -0.25) is 9.72 Å². The summed E-state index contributed by atoms with van der Waals surface area (Å²) in [6.45, 7) is 0. The summed E-state index contributed by atoms with van der Waals surface area (Å²) in [6, 6.07) is 5.14. The number of ether oxygens (including phenoxy) is 1. The lowest BCUT2D eigenvalue weighted by molar-refractivity contribution is 0.0702. The Morgan fingerprint density at radius 1 is 1.36 bits per heavy atom. The summed E-state index contributed by atoms with van der Waals surface area (Å²) in [5.41, 5.74) is 0.980. The van der Waals surface area contributed by atoms with Gasteiger partial charge in [-0.1, -0.05) is 0 Å². The molecule has 0 aliphatic carbocycles. The summed E-state index contributed by atoms with van der Waals surface area (Å²) < 4.78 is 6.16. The number of nitrogens with one attached hydrogen (secondary N) is 1. The number of hydrogen-bond acceptors (Lipinski definition) is 6. The highest BCUT2D eigenvalue weighted by molar-refractivity contribution is 7.12. The first kappa shape index (κ1) is 14.0. The number of fused-ring (bicyclic) bond motifs is 1. The van der Waals surface area contributed by atoms with Crippen molar-refractivity contribution in [2.45, 2.75) is 0 Å². The molecule has 0 aliphatic rings. The van der Waals surface area contributed by atoms with Crippen molar-refractivity contribution in [3.05, 3.63) is 34.7 Å². The lowest BCUT2D eigenvalue weighted by Crippen LogP contribution is -2.15. The smallest absolute Gasteiger partial charge is 0.413 e. The van der Waals surface area contributed by atoms with E-state index in [0.29, 0.717) is 17.0 Å². The van der Waals surface area contributed by atoms with Crippen LogP contribution < -0.4 is 5.32 Å². The molecule has 0 saturated heterocycles. The van der Waals surface area contributed by atoms with Crippen LogP contribution in [0.1, 0.15) is 9.67 Å². The zero-order valence-electron chi connectivity index (χ0n) is 11.3. The normalized spacial score (nSPS) is 10.6. The molecule has 0 unspecified atom stereocenters. The Morgan fingerprint density at radius 2 is 2.18 bits per heavy atom. The van der Waals surface area contributed by atoms with E-state index < -0.39 is 12.1 Å². The SMILES string of the molecule is COC(=O)Nc1nc(-c2ccsc2C(=O)O)n2cccc2n1. The van der Waals surface area contributed by atoms with E-state index in [2.05, 4.69) is 20.0 Å². The molecule has 3 heterocycles. The summed E-state index contributed by atoms with van der Waals surface area (Å²) in [5.74, 6) is -0.623. The first-order chi connectivity index (χ1) is 10.6. The number of amides is 1. The maximum Gasteiger partial charge on any atom is 0.413 e. The first-order valence-corrected chi connectivity index (χ1v) is 6.99. The fraction of sp³-hybridized carbons (Fsp3) is 0.0769. The maximum atomic E-state index is 11.3. The number of nitrogens with zero attached hydrogens (tertiary/aromatic N) is 3. The highest BCUT2D eigenvalue weighted by Crippen LogP contribution is 2.28. The molecule has 0 spiro atoms. The zero-order chi connectivity index (χ0) is 15.7.